The monoisotopic (exact) mass is 438 g/mol. The second-order valence-electron chi connectivity index (χ2n) is 9.42. The summed E-state index contributed by atoms with van der Waals surface area (Å²) in [5.41, 5.74) is 3.52. The number of hydrogen-bond donors (Lipinski definition) is 3. The quantitative estimate of drug-likeness (QED) is 0.625. The summed E-state index contributed by atoms with van der Waals surface area (Å²) in [5.74, 6) is -0.181. The van der Waals surface area contributed by atoms with E-state index in [1.807, 2.05) is 18.2 Å². The van der Waals surface area contributed by atoms with Gasteiger partial charge in [0.2, 0.25) is 5.91 Å². The fourth-order valence-electron chi connectivity index (χ4n) is 5.44. The first-order valence-corrected chi connectivity index (χ1v) is 11.7. The third-order valence-electron chi connectivity index (χ3n) is 7.42. The van der Waals surface area contributed by atoms with Crippen LogP contribution in [0.4, 0.5) is 0 Å². The van der Waals surface area contributed by atoms with Crippen molar-refractivity contribution >= 4 is 11.8 Å². The highest BCUT2D eigenvalue weighted by molar-refractivity contribution is 5.94. The highest BCUT2D eigenvalue weighted by atomic mass is 16.3. The lowest BCUT2D eigenvalue weighted by molar-refractivity contribution is -0.119. The number of aromatic amines is 1. The molecule has 0 bridgehead atoms. The summed E-state index contributed by atoms with van der Waals surface area (Å²) in [4.78, 5) is 26.7. The lowest BCUT2D eigenvalue weighted by Gasteiger charge is -2.34. The van der Waals surface area contributed by atoms with E-state index in [0.29, 0.717) is 25.1 Å². The predicted octanol–water partition coefficient (Wildman–Crippen LogP) is 2.74. The van der Waals surface area contributed by atoms with Gasteiger partial charge in [-0.1, -0.05) is 30.3 Å². The van der Waals surface area contributed by atoms with Gasteiger partial charge >= 0.3 is 0 Å². The summed E-state index contributed by atoms with van der Waals surface area (Å²) >= 11 is 0. The number of nitrogens with one attached hydrogen (secondary N) is 2. The maximum atomic E-state index is 13.4. The average Bonchev–Trinajstić information content (AvgIpc) is 3.16. The molecule has 2 aliphatic carbocycles. The third kappa shape index (κ3) is 4.44. The summed E-state index contributed by atoms with van der Waals surface area (Å²) in [5, 5.41) is 21.4. The zero-order valence-corrected chi connectivity index (χ0v) is 19.1. The number of aryl methyl sites for hydroxylation is 1. The molecular formula is C25H34N4O3. The molecular weight excluding hydrogens is 404 g/mol. The first-order valence-electron chi connectivity index (χ1n) is 11.7. The predicted molar refractivity (Wildman–Crippen MR) is 122 cm³/mol. The van der Waals surface area contributed by atoms with E-state index in [0.717, 1.165) is 55.3 Å². The van der Waals surface area contributed by atoms with E-state index in [2.05, 4.69) is 27.6 Å². The first-order chi connectivity index (χ1) is 15.4. The molecule has 0 saturated heterocycles. The van der Waals surface area contributed by atoms with Crippen LogP contribution in [-0.2, 0) is 23.1 Å². The van der Waals surface area contributed by atoms with Crippen LogP contribution in [0.15, 0.2) is 30.3 Å². The van der Waals surface area contributed by atoms with Gasteiger partial charge in [0, 0.05) is 37.2 Å². The van der Waals surface area contributed by atoms with Crippen LogP contribution in [0.3, 0.4) is 0 Å². The van der Waals surface area contributed by atoms with Crippen molar-refractivity contribution in [2.45, 2.75) is 75.9 Å². The molecule has 1 heterocycles. The maximum absolute atomic E-state index is 13.4. The van der Waals surface area contributed by atoms with E-state index >= 15 is 0 Å². The van der Waals surface area contributed by atoms with Crippen molar-refractivity contribution in [3.05, 3.63) is 52.8 Å². The molecule has 0 aliphatic heterocycles. The standard InChI is InChI=1S/C25H34N4O3/c1-17(30)26-16-25(18-8-4-3-5-9-18)14-12-21(22(31)13-15-25)29(2)24(32)23-19-10-6-7-11-20(19)27-28-23/h3-5,8-9,21-22,31H,6-7,10-16H2,1-2H3,(H,26,30)(H,27,28)/t21-,22-,25+/m0/s1. The van der Waals surface area contributed by atoms with Gasteiger partial charge in [0.15, 0.2) is 5.69 Å². The van der Waals surface area contributed by atoms with Crippen LogP contribution in [0.25, 0.3) is 0 Å². The van der Waals surface area contributed by atoms with Crippen LogP contribution in [-0.4, -0.2) is 57.8 Å². The number of H-pyrrole nitrogens is 1. The van der Waals surface area contributed by atoms with Crippen molar-refractivity contribution in [2.75, 3.05) is 13.6 Å². The smallest absolute Gasteiger partial charge is 0.274 e. The van der Waals surface area contributed by atoms with Crippen molar-refractivity contribution in [2.24, 2.45) is 0 Å². The zero-order valence-electron chi connectivity index (χ0n) is 19.1. The Balaban J connectivity index is 1.55. The molecule has 1 aromatic heterocycles. The van der Waals surface area contributed by atoms with Gasteiger partial charge in [-0.15, -0.1) is 0 Å². The zero-order chi connectivity index (χ0) is 22.7. The van der Waals surface area contributed by atoms with Crippen molar-refractivity contribution in [1.29, 1.82) is 0 Å². The van der Waals surface area contributed by atoms with Crippen LogP contribution in [0.1, 0.15) is 72.8 Å². The van der Waals surface area contributed by atoms with Gasteiger partial charge in [0.05, 0.1) is 12.1 Å². The molecule has 3 atom stereocenters. The Morgan fingerprint density at radius 2 is 1.91 bits per heavy atom. The number of hydrogen-bond acceptors (Lipinski definition) is 4. The number of aliphatic hydroxyl groups is 1. The number of carbonyl (C=O) groups is 2. The molecule has 4 rings (SSSR count). The number of nitrogens with zero attached hydrogens (tertiary/aromatic N) is 2. The molecule has 1 aromatic carbocycles. The summed E-state index contributed by atoms with van der Waals surface area (Å²) in [6.07, 6.45) is 6.13. The molecule has 7 nitrogen and oxygen atoms in total. The molecule has 3 N–H and O–H groups in total. The van der Waals surface area contributed by atoms with Crippen LogP contribution in [0, 0.1) is 0 Å². The molecule has 0 spiro atoms. The molecule has 7 heteroatoms. The fourth-order valence-corrected chi connectivity index (χ4v) is 5.44. The minimum Gasteiger partial charge on any atom is -0.391 e. The molecule has 1 saturated carbocycles. The Morgan fingerprint density at radius 3 is 2.66 bits per heavy atom. The van der Waals surface area contributed by atoms with E-state index in [-0.39, 0.29) is 23.3 Å². The summed E-state index contributed by atoms with van der Waals surface area (Å²) < 4.78 is 0. The van der Waals surface area contributed by atoms with Gasteiger partial charge < -0.3 is 15.3 Å². The number of rotatable bonds is 5. The molecule has 2 amide bonds. The van der Waals surface area contributed by atoms with Crippen LogP contribution in [0.5, 0.6) is 0 Å². The number of carbonyl (C=O) groups excluding carboxylic acids is 2. The molecule has 2 aromatic rings. The number of aliphatic hydroxyl groups excluding tert-OH is 1. The molecule has 1 fully saturated rings. The highest BCUT2D eigenvalue weighted by Gasteiger charge is 2.40. The largest absolute Gasteiger partial charge is 0.391 e. The maximum Gasteiger partial charge on any atom is 0.274 e. The van der Waals surface area contributed by atoms with Crippen LogP contribution in [0.2, 0.25) is 0 Å². The molecule has 0 radical (unpaired) electrons. The normalized spacial score (nSPS) is 25.5. The molecule has 32 heavy (non-hydrogen) atoms. The Labute approximate surface area is 189 Å². The first kappa shape index (κ1) is 22.5. The Hall–Kier alpha value is -2.67. The SMILES string of the molecule is CC(=O)NC[C@]1(c2ccccc2)CC[C@H](O)[C@@H](N(C)C(=O)c2n[nH]c3c2CCCC3)CC1. The van der Waals surface area contributed by atoms with E-state index in [9.17, 15) is 14.7 Å². The summed E-state index contributed by atoms with van der Waals surface area (Å²) in [6.45, 7) is 2.06. The van der Waals surface area contributed by atoms with Gasteiger partial charge in [0.1, 0.15) is 0 Å². The van der Waals surface area contributed by atoms with Crippen molar-refractivity contribution in [3.8, 4) is 0 Å². The number of amides is 2. The highest BCUT2D eigenvalue weighted by Crippen LogP contribution is 2.39. The average molecular weight is 439 g/mol. The lowest BCUT2D eigenvalue weighted by atomic mass is 9.74. The van der Waals surface area contributed by atoms with Gasteiger partial charge in [-0.3, -0.25) is 14.7 Å². The molecule has 0 unspecified atom stereocenters. The second-order valence-corrected chi connectivity index (χ2v) is 9.42. The fraction of sp³-hybridized carbons (Fsp3) is 0.560. The van der Waals surface area contributed by atoms with E-state index in [1.54, 1.807) is 11.9 Å². The second kappa shape index (κ2) is 9.45. The van der Waals surface area contributed by atoms with Gasteiger partial charge in [0.25, 0.3) is 5.91 Å². The Morgan fingerprint density at radius 1 is 1.19 bits per heavy atom. The summed E-state index contributed by atoms with van der Waals surface area (Å²) in [7, 11) is 1.78. The molecule has 172 valence electrons. The van der Waals surface area contributed by atoms with Crippen molar-refractivity contribution in [1.82, 2.24) is 20.4 Å². The van der Waals surface area contributed by atoms with E-state index in [1.165, 1.54) is 6.92 Å². The van der Waals surface area contributed by atoms with Crippen molar-refractivity contribution in [3.63, 3.8) is 0 Å². The topological polar surface area (TPSA) is 98.3 Å². The van der Waals surface area contributed by atoms with Gasteiger partial charge in [-0.05, 0) is 56.9 Å². The molecule has 2 aliphatic rings. The Bertz CT molecular complexity index is 957. The summed E-state index contributed by atoms with van der Waals surface area (Å²) in [6, 6.07) is 9.92. The van der Waals surface area contributed by atoms with E-state index in [4.69, 9.17) is 0 Å². The van der Waals surface area contributed by atoms with E-state index < -0.39 is 6.10 Å². The lowest BCUT2D eigenvalue weighted by Crippen LogP contribution is -2.44. The number of fused-ring (bicyclic) bond motifs is 1. The minimum atomic E-state index is -0.623. The minimum absolute atomic E-state index is 0.0581. The number of aromatic nitrogens is 2. The Kier molecular flexibility index (Phi) is 6.65. The van der Waals surface area contributed by atoms with Crippen LogP contribution < -0.4 is 5.32 Å². The van der Waals surface area contributed by atoms with Crippen molar-refractivity contribution < 1.29 is 14.7 Å². The van der Waals surface area contributed by atoms with Gasteiger partial charge in [-0.25, -0.2) is 0 Å². The third-order valence-corrected chi connectivity index (χ3v) is 7.42. The number of likely N-dealkylation sites (N-methyl/N-ethyl adjacent to an activating group) is 1. The van der Waals surface area contributed by atoms with Gasteiger partial charge in [-0.2, -0.15) is 5.10 Å². The van der Waals surface area contributed by atoms with Crippen LogP contribution >= 0.6 is 0 Å². The number of benzene rings is 1.